The van der Waals surface area contributed by atoms with Gasteiger partial charge in [-0.1, -0.05) is 0 Å². The van der Waals surface area contributed by atoms with Crippen molar-refractivity contribution in [2.75, 3.05) is 5.84 Å². The predicted molar refractivity (Wildman–Crippen MR) is 69.0 cm³/mol. The molecular weight excluding hydrogens is 321 g/mol. The molecule has 0 bridgehead atoms. The van der Waals surface area contributed by atoms with Crippen LogP contribution in [0.25, 0.3) is 11.6 Å². The van der Waals surface area contributed by atoms with E-state index < -0.39 is 11.9 Å². The lowest BCUT2D eigenvalue weighted by Gasteiger charge is -2.05. The molecule has 0 aliphatic rings. The number of nitrogen functional groups attached to an aromatic ring is 1. The molecule has 3 rings (SSSR count). The lowest BCUT2D eigenvalue weighted by Crippen LogP contribution is -2.11. The minimum atomic E-state index is -4.53. The molecule has 0 radical (unpaired) electrons. The fourth-order valence-corrected chi connectivity index (χ4v) is 2.21. The number of hydrogen-bond donors (Lipinski definition) is 1. The molecule has 0 saturated carbocycles. The van der Waals surface area contributed by atoms with Gasteiger partial charge in [-0.15, -0.1) is 20.4 Å². The Morgan fingerprint density at radius 1 is 1.09 bits per heavy atom. The molecule has 11 heteroatoms. The third kappa shape index (κ3) is 2.74. The van der Waals surface area contributed by atoms with Crippen LogP contribution in [-0.2, 0) is 6.18 Å². The Labute approximate surface area is 125 Å². The van der Waals surface area contributed by atoms with Crippen molar-refractivity contribution in [1.82, 2.24) is 25.1 Å². The van der Waals surface area contributed by atoms with Gasteiger partial charge in [-0.05, 0) is 36.0 Å². The van der Waals surface area contributed by atoms with Crippen molar-refractivity contribution in [2.24, 2.45) is 0 Å². The van der Waals surface area contributed by atoms with Crippen LogP contribution in [0.1, 0.15) is 5.69 Å². The SMILES string of the molecule is Nn1c(Sc2ccc(C(F)(F)F)nn2)nnc1-c1ccco1. The smallest absolute Gasteiger partial charge is 0.435 e. The maximum Gasteiger partial charge on any atom is 0.435 e. The molecule has 0 saturated heterocycles. The van der Waals surface area contributed by atoms with Crippen molar-refractivity contribution < 1.29 is 17.6 Å². The van der Waals surface area contributed by atoms with Crippen molar-refractivity contribution in [3.8, 4) is 11.6 Å². The molecule has 7 nitrogen and oxygen atoms in total. The van der Waals surface area contributed by atoms with E-state index in [2.05, 4.69) is 20.4 Å². The second-order valence-corrected chi connectivity index (χ2v) is 5.00. The number of halogens is 3. The molecule has 114 valence electrons. The van der Waals surface area contributed by atoms with E-state index in [1.807, 2.05) is 0 Å². The summed E-state index contributed by atoms with van der Waals surface area (Å²) in [7, 11) is 0. The van der Waals surface area contributed by atoms with Gasteiger partial charge >= 0.3 is 6.18 Å². The molecule has 2 N–H and O–H groups in total. The van der Waals surface area contributed by atoms with Crippen LogP contribution in [0, 0.1) is 0 Å². The fraction of sp³-hybridized carbons (Fsp3) is 0.0909. The molecule has 3 aromatic rings. The summed E-state index contributed by atoms with van der Waals surface area (Å²) in [6.07, 6.45) is -3.07. The zero-order valence-corrected chi connectivity index (χ0v) is 11.5. The highest BCUT2D eigenvalue weighted by molar-refractivity contribution is 7.99. The fourth-order valence-electron chi connectivity index (χ4n) is 1.54. The van der Waals surface area contributed by atoms with Gasteiger partial charge in [0.25, 0.3) is 0 Å². The first-order valence-corrected chi connectivity index (χ1v) is 6.60. The van der Waals surface area contributed by atoms with E-state index in [1.165, 1.54) is 12.3 Å². The van der Waals surface area contributed by atoms with Crippen LogP contribution in [0.2, 0.25) is 0 Å². The first kappa shape index (κ1) is 14.4. The third-order valence-electron chi connectivity index (χ3n) is 2.53. The average molecular weight is 328 g/mol. The second kappa shape index (κ2) is 5.33. The highest BCUT2D eigenvalue weighted by Crippen LogP contribution is 2.30. The van der Waals surface area contributed by atoms with Crippen LogP contribution in [0.3, 0.4) is 0 Å². The summed E-state index contributed by atoms with van der Waals surface area (Å²) in [6, 6.07) is 5.33. The van der Waals surface area contributed by atoms with Gasteiger partial charge in [-0.25, -0.2) is 4.68 Å². The predicted octanol–water partition coefficient (Wildman–Crippen LogP) is 2.21. The summed E-state index contributed by atoms with van der Waals surface area (Å²) in [5, 5.41) is 14.7. The van der Waals surface area contributed by atoms with Crippen molar-refractivity contribution in [3.63, 3.8) is 0 Å². The molecule has 0 aromatic carbocycles. The number of hydrogen-bond acceptors (Lipinski definition) is 7. The quantitative estimate of drug-likeness (QED) is 0.736. The molecule has 0 spiro atoms. The van der Waals surface area contributed by atoms with E-state index in [1.54, 1.807) is 12.1 Å². The third-order valence-corrected chi connectivity index (χ3v) is 3.42. The zero-order valence-electron chi connectivity index (χ0n) is 10.7. The van der Waals surface area contributed by atoms with Gasteiger partial charge in [-0.3, -0.25) is 0 Å². The number of alkyl halides is 3. The van der Waals surface area contributed by atoms with Crippen molar-refractivity contribution in [3.05, 3.63) is 36.2 Å². The number of nitrogens with zero attached hydrogens (tertiary/aromatic N) is 5. The molecule has 0 aliphatic heterocycles. The minimum absolute atomic E-state index is 0.207. The Kier molecular flexibility index (Phi) is 3.48. The summed E-state index contributed by atoms with van der Waals surface area (Å²) in [6.45, 7) is 0. The maximum atomic E-state index is 12.4. The van der Waals surface area contributed by atoms with Gasteiger partial charge in [0.15, 0.2) is 11.5 Å². The summed E-state index contributed by atoms with van der Waals surface area (Å²) >= 11 is 0.933. The number of aromatic nitrogens is 5. The molecule has 0 fully saturated rings. The first-order valence-electron chi connectivity index (χ1n) is 5.78. The van der Waals surface area contributed by atoms with E-state index >= 15 is 0 Å². The lowest BCUT2D eigenvalue weighted by molar-refractivity contribution is -0.141. The summed E-state index contributed by atoms with van der Waals surface area (Å²) in [5.41, 5.74) is -1.07. The van der Waals surface area contributed by atoms with Gasteiger partial charge in [0, 0.05) is 0 Å². The molecule has 0 unspecified atom stereocenters. The van der Waals surface area contributed by atoms with Gasteiger partial charge in [0.05, 0.1) is 6.26 Å². The van der Waals surface area contributed by atoms with Crippen LogP contribution in [0.4, 0.5) is 13.2 Å². The Balaban J connectivity index is 1.82. The van der Waals surface area contributed by atoms with Crippen LogP contribution in [0.5, 0.6) is 0 Å². The minimum Gasteiger partial charge on any atom is -0.461 e. The van der Waals surface area contributed by atoms with Crippen molar-refractivity contribution in [2.45, 2.75) is 16.4 Å². The molecule has 22 heavy (non-hydrogen) atoms. The molecule has 3 heterocycles. The van der Waals surface area contributed by atoms with Crippen molar-refractivity contribution in [1.29, 1.82) is 0 Å². The summed E-state index contributed by atoms with van der Waals surface area (Å²) < 4.78 is 43.5. The second-order valence-electron chi connectivity index (χ2n) is 4.01. The van der Waals surface area contributed by atoms with Gasteiger partial charge in [-0.2, -0.15) is 13.2 Å². The highest BCUT2D eigenvalue weighted by Gasteiger charge is 2.33. The Bertz CT molecular complexity index is 768. The van der Waals surface area contributed by atoms with E-state index in [4.69, 9.17) is 10.3 Å². The van der Waals surface area contributed by atoms with E-state index in [9.17, 15) is 13.2 Å². The summed E-state index contributed by atoms with van der Waals surface area (Å²) in [4.78, 5) is 0. The lowest BCUT2D eigenvalue weighted by atomic mass is 10.4. The number of nitrogens with two attached hydrogens (primary N) is 1. The maximum absolute atomic E-state index is 12.4. The van der Waals surface area contributed by atoms with Crippen LogP contribution in [0.15, 0.2) is 45.1 Å². The largest absolute Gasteiger partial charge is 0.461 e. The van der Waals surface area contributed by atoms with Gasteiger partial charge < -0.3 is 10.3 Å². The van der Waals surface area contributed by atoms with Crippen LogP contribution >= 0.6 is 11.8 Å². The standard InChI is InChI=1S/C11H7F3N6OS/c12-11(13,14)7-3-4-8(17-16-7)22-10-19-18-9(20(10)15)6-2-1-5-21-6/h1-5H,15H2. The molecule has 3 aromatic heterocycles. The normalized spacial score (nSPS) is 11.8. The summed E-state index contributed by atoms with van der Waals surface area (Å²) in [5.74, 6) is 6.53. The van der Waals surface area contributed by atoms with Gasteiger partial charge in [0.2, 0.25) is 11.0 Å². The van der Waals surface area contributed by atoms with E-state index in [-0.39, 0.29) is 16.0 Å². The Hall–Kier alpha value is -2.56. The zero-order chi connectivity index (χ0) is 15.7. The Morgan fingerprint density at radius 3 is 2.50 bits per heavy atom. The number of rotatable bonds is 3. The Morgan fingerprint density at radius 2 is 1.91 bits per heavy atom. The topological polar surface area (TPSA) is 95.7 Å². The van der Waals surface area contributed by atoms with Crippen LogP contribution < -0.4 is 5.84 Å². The molecule has 0 aliphatic carbocycles. The van der Waals surface area contributed by atoms with Crippen molar-refractivity contribution >= 4 is 11.8 Å². The highest BCUT2D eigenvalue weighted by atomic mass is 32.2. The van der Waals surface area contributed by atoms with Gasteiger partial charge in [0.1, 0.15) is 5.03 Å². The average Bonchev–Trinajstić information content (AvgIpc) is 3.09. The molecule has 0 atom stereocenters. The molecule has 0 amide bonds. The van der Waals surface area contributed by atoms with Crippen LogP contribution in [-0.4, -0.2) is 25.1 Å². The first-order chi connectivity index (χ1) is 10.4. The van der Waals surface area contributed by atoms with E-state index in [0.717, 1.165) is 22.5 Å². The number of furan rings is 1. The molecular formula is C11H7F3N6OS. The monoisotopic (exact) mass is 328 g/mol. The van der Waals surface area contributed by atoms with E-state index in [0.29, 0.717) is 5.76 Å².